The topological polar surface area (TPSA) is 48.0 Å². The molecule has 1 atom stereocenters. The van der Waals surface area contributed by atoms with Gasteiger partial charge in [0.15, 0.2) is 18.1 Å². The van der Waals surface area contributed by atoms with Crippen LogP contribution in [0, 0.1) is 0 Å². The number of para-hydroxylation sites is 2. The lowest BCUT2D eigenvalue weighted by Gasteiger charge is -2.33. The SMILES string of the molecule is COc1ccccc1OCC(=O)N1CCOC(c2ccc(Cl)c(Cl)c2)C1. The number of amides is 1. The van der Waals surface area contributed by atoms with E-state index in [-0.39, 0.29) is 18.6 Å². The van der Waals surface area contributed by atoms with Crippen molar-refractivity contribution in [1.29, 1.82) is 0 Å². The van der Waals surface area contributed by atoms with Gasteiger partial charge >= 0.3 is 0 Å². The number of rotatable bonds is 5. The molecular formula is C19H19Cl2NO4. The van der Waals surface area contributed by atoms with Crippen molar-refractivity contribution < 1.29 is 19.0 Å². The van der Waals surface area contributed by atoms with E-state index in [9.17, 15) is 4.79 Å². The number of methoxy groups -OCH3 is 1. The van der Waals surface area contributed by atoms with Crippen LogP contribution in [-0.4, -0.2) is 44.2 Å². The number of morpholine rings is 1. The van der Waals surface area contributed by atoms with Crippen LogP contribution in [0.25, 0.3) is 0 Å². The molecule has 7 heteroatoms. The van der Waals surface area contributed by atoms with Gasteiger partial charge in [-0.2, -0.15) is 0 Å². The van der Waals surface area contributed by atoms with Crippen LogP contribution < -0.4 is 9.47 Å². The number of halogens is 2. The third-order valence-corrected chi connectivity index (χ3v) is 4.89. The van der Waals surface area contributed by atoms with Gasteiger partial charge in [0, 0.05) is 6.54 Å². The smallest absolute Gasteiger partial charge is 0.260 e. The zero-order chi connectivity index (χ0) is 18.5. The van der Waals surface area contributed by atoms with Crippen LogP contribution in [0.15, 0.2) is 42.5 Å². The Bertz CT molecular complexity index is 784. The molecule has 138 valence electrons. The highest BCUT2D eigenvalue weighted by Gasteiger charge is 2.26. The fourth-order valence-electron chi connectivity index (χ4n) is 2.76. The van der Waals surface area contributed by atoms with Gasteiger partial charge in [-0.3, -0.25) is 4.79 Å². The minimum absolute atomic E-state index is 0.0610. The molecule has 0 radical (unpaired) electrons. The second-order valence-corrected chi connectivity index (χ2v) is 6.63. The normalized spacial score (nSPS) is 17.0. The first-order valence-electron chi connectivity index (χ1n) is 8.18. The summed E-state index contributed by atoms with van der Waals surface area (Å²) in [6.45, 7) is 1.35. The van der Waals surface area contributed by atoms with Crippen LogP contribution in [0.5, 0.6) is 11.5 Å². The van der Waals surface area contributed by atoms with E-state index in [0.29, 0.717) is 41.2 Å². The molecule has 1 aliphatic rings. The predicted molar refractivity (Wildman–Crippen MR) is 100 cm³/mol. The molecule has 0 N–H and O–H groups in total. The second kappa shape index (κ2) is 8.62. The van der Waals surface area contributed by atoms with Gasteiger partial charge in [-0.25, -0.2) is 0 Å². The maximum Gasteiger partial charge on any atom is 0.260 e. The van der Waals surface area contributed by atoms with Gasteiger partial charge in [0.05, 0.1) is 30.3 Å². The van der Waals surface area contributed by atoms with Crippen molar-refractivity contribution in [2.45, 2.75) is 6.10 Å². The van der Waals surface area contributed by atoms with Crippen molar-refractivity contribution >= 4 is 29.1 Å². The van der Waals surface area contributed by atoms with Gasteiger partial charge in [0.2, 0.25) is 0 Å². The standard InChI is InChI=1S/C19H19Cl2NO4/c1-24-16-4-2-3-5-17(16)26-12-19(23)22-8-9-25-18(11-22)13-6-7-14(20)15(21)10-13/h2-7,10,18H,8-9,11-12H2,1H3. The summed E-state index contributed by atoms with van der Waals surface area (Å²) in [4.78, 5) is 14.3. The highest BCUT2D eigenvalue weighted by molar-refractivity contribution is 6.42. The van der Waals surface area contributed by atoms with Crippen molar-refractivity contribution in [2.75, 3.05) is 33.4 Å². The van der Waals surface area contributed by atoms with Crippen molar-refractivity contribution in [3.63, 3.8) is 0 Å². The maximum atomic E-state index is 12.5. The molecule has 1 aliphatic heterocycles. The van der Waals surface area contributed by atoms with Crippen LogP contribution in [0.3, 0.4) is 0 Å². The fraction of sp³-hybridized carbons (Fsp3) is 0.316. The average molecular weight is 396 g/mol. The quantitative estimate of drug-likeness (QED) is 0.767. The largest absolute Gasteiger partial charge is 0.493 e. The monoisotopic (exact) mass is 395 g/mol. The predicted octanol–water partition coefficient (Wildman–Crippen LogP) is 3.98. The van der Waals surface area contributed by atoms with Crippen molar-refractivity contribution in [3.05, 3.63) is 58.1 Å². The summed E-state index contributed by atoms with van der Waals surface area (Å²) in [5.41, 5.74) is 0.891. The molecule has 1 fully saturated rings. The van der Waals surface area contributed by atoms with Crippen LogP contribution in [0.2, 0.25) is 10.0 Å². The van der Waals surface area contributed by atoms with E-state index < -0.39 is 0 Å². The first-order chi connectivity index (χ1) is 12.6. The van der Waals surface area contributed by atoms with Crippen LogP contribution in [0.4, 0.5) is 0 Å². The molecule has 2 aromatic rings. The molecule has 0 spiro atoms. The molecule has 3 rings (SSSR count). The van der Waals surface area contributed by atoms with Crippen molar-refractivity contribution in [1.82, 2.24) is 4.90 Å². The van der Waals surface area contributed by atoms with Crippen LogP contribution >= 0.6 is 23.2 Å². The summed E-state index contributed by atoms with van der Waals surface area (Å²) in [7, 11) is 1.56. The van der Waals surface area contributed by atoms with Gasteiger partial charge in [-0.1, -0.05) is 41.4 Å². The van der Waals surface area contributed by atoms with Crippen LogP contribution in [0.1, 0.15) is 11.7 Å². The number of hydrogen-bond acceptors (Lipinski definition) is 4. The number of hydrogen-bond donors (Lipinski definition) is 0. The van der Waals surface area contributed by atoms with Crippen molar-refractivity contribution in [2.24, 2.45) is 0 Å². The molecule has 1 saturated heterocycles. The Hall–Kier alpha value is -1.95. The second-order valence-electron chi connectivity index (χ2n) is 5.81. The Morgan fingerprint density at radius 3 is 2.69 bits per heavy atom. The van der Waals surface area contributed by atoms with E-state index in [1.165, 1.54) is 0 Å². The fourth-order valence-corrected chi connectivity index (χ4v) is 3.07. The molecule has 0 aromatic heterocycles. The Kier molecular flexibility index (Phi) is 6.25. The highest BCUT2D eigenvalue weighted by Crippen LogP contribution is 2.29. The van der Waals surface area contributed by atoms with Gasteiger partial charge < -0.3 is 19.1 Å². The number of carbonyl (C=O) groups is 1. The molecular weight excluding hydrogens is 377 g/mol. The van der Waals surface area contributed by atoms with E-state index in [4.69, 9.17) is 37.4 Å². The minimum atomic E-state index is -0.242. The van der Waals surface area contributed by atoms with Gasteiger partial charge in [-0.05, 0) is 29.8 Å². The Morgan fingerprint density at radius 1 is 1.19 bits per heavy atom. The average Bonchev–Trinajstić information content (AvgIpc) is 2.68. The highest BCUT2D eigenvalue weighted by atomic mass is 35.5. The summed E-state index contributed by atoms with van der Waals surface area (Å²) in [5, 5.41) is 0.958. The molecule has 0 bridgehead atoms. The van der Waals surface area contributed by atoms with E-state index in [0.717, 1.165) is 5.56 Å². The molecule has 1 amide bonds. The third-order valence-electron chi connectivity index (χ3n) is 4.15. The Labute approximate surface area is 162 Å². The number of ether oxygens (including phenoxy) is 3. The van der Waals surface area contributed by atoms with E-state index in [2.05, 4.69) is 0 Å². The zero-order valence-electron chi connectivity index (χ0n) is 14.3. The number of carbonyl (C=O) groups excluding carboxylic acids is 1. The summed E-state index contributed by atoms with van der Waals surface area (Å²) in [5.74, 6) is 1.03. The minimum Gasteiger partial charge on any atom is -0.493 e. The molecule has 0 aliphatic carbocycles. The van der Waals surface area contributed by atoms with E-state index >= 15 is 0 Å². The first kappa shape index (κ1) is 18.8. The molecule has 0 saturated carbocycles. The maximum absolute atomic E-state index is 12.5. The molecule has 26 heavy (non-hydrogen) atoms. The number of benzene rings is 2. The van der Waals surface area contributed by atoms with Gasteiger partial charge in [0.25, 0.3) is 5.91 Å². The van der Waals surface area contributed by atoms with Crippen LogP contribution in [-0.2, 0) is 9.53 Å². The lowest BCUT2D eigenvalue weighted by molar-refractivity contribution is -0.141. The number of nitrogens with zero attached hydrogens (tertiary/aromatic N) is 1. The van der Waals surface area contributed by atoms with Gasteiger partial charge in [0.1, 0.15) is 6.10 Å². The summed E-state index contributed by atoms with van der Waals surface area (Å²) >= 11 is 12.0. The lowest BCUT2D eigenvalue weighted by Crippen LogP contribution is -2.44. The molecule has 5 nitrogen and oxygen atoms in total. The zero-order valence-corrected chi connectivity index (χ0v) is 15.8. The van der Waals surface area contributed by atoms with Gasteiger partial charge in [-0.15, -0.1) is 0 Å². The molecule has 1 unspecified atom stereocenters. The molecule has 2 aromatic carbocycles. The van der Waals surface area contributed by atoms with E-state index in [1.807, 2.05) is 18.2 Å². The lowest BCUT2D eigenvalue weighted by atomic mass is 10.1. The third kappa shape index (κ3) is 4.41. The summed E-state index contributed by atoms with van der Waals surface area (Å²) in [6, 6.07) is 12.6. The Balaban J connectivity index is 1.61. The first-order valence-corrected chi connectivity index (χ1v) is 8.94. The summed E-state index contributed by atoms with van der Waals surface area (Å²) in [6.07, 6.45) is -0.242. The summed E-state index contributed by atoms with van der Waals surface area (Å²) < 4.78 is 16.6. The Morgan fingerprint density at radius 2 is 1.96 bits per heavy atom. The van der Waals surface area contributed by atoms with Crippen molar-refractivity contribution in [3.8, 4) is 11.5 Å². The van der Waals surface area contributed by atoms with E-state index in [1.54, 1.807) is 36.3 Å². The molecule has 1 heterocycles.